The summed E-state index contributed by atoms with van der Waals surface area (Å²) in [5.41, 5.74) is 4.38. The van der Waals surface area contributed by atoms with Crippen molar-refractivity contribution in [3.63, 3.8) is 0 Å². The van der Waals surface area contributed by atoms with E-state index < -0.39 is 0 Å². The first-order valence-electron chi connectivity index (χ1n) is 9.45. The summed E-state index contributed by atoms with van der Waals surface area (Å²) in [5, 5.41) is 30.3. The molecular formula is C18H20N10O2. The lowest BCUT2D eigenvalue weighted by molar-refractivity contribution is 0.0810. The van der Waals surface area contributed by atoms with E-state index in [0.29, 0.717) is 35.9 Å². The van der Waals surface area contributed by atoms with Crippen molar-refractivity contribution >= 4 is 39.8 Å². The van der Waals surface area contributed by atoms with Crippen LogP contribution >= 0.6 is 0 Å². The standard InChI is InChI=1S/C18H20N10O2/c1-9-7-30-8-10-4-11(15-13(5-10)27(3)26-22-15)21-14-6-12(19-2)16-23-24-17(18(29)20-9)28(16)25-14/h4-6,9,19H,7-8H2,1-3H3,(H,20,29)(H,21,25)/t9-/m1/s1. The molecule has 1 amide bonds. The largest absolute Gasteiger partial charge is 0.385 e. The van der Waals surface area contributed by atoms with Crippen LogP contribution in [0.5, 0.6) is 0 Å². The van der Waals surface area contributed by atoms with E-state index >= 15 is 0 Å². The van der Waals surface area contributed by atoms with Gasteiger partial charge in [-0.3, -0.25) is 4.79 Å². The lowest BCUT2D eigenvalue weighted by Gasteiger charge is -2.16. The van der Waals surface area contributed by atoms with Gasteiger partial charge >= 0.3 is 0 Å². The van der Waals surface area contributed by atoms with Crippen LogP contribution in [0.15, 0.2) is 18.2 Å². The number of nitrogens with zero attached hydrogens (tertiary/aromatic N) is 7. The molecule has 4 bridgehead atoms. The maximum absolute atomic E-state index is 12.7. The molecular weight excluding hydrogens is 388 g/mol. The molecule has 0 saturated carbocycles. The molecule has 0 fully saturated rings. The number of benzene rings is 1. The number of amides is 1. The zero-order valence-electron chi connectivity index (χ0n) is 16.7. The molecule has 1 aliphatic rings. The van der Waals surface area contributed by atoms with Crippen molar-refractivity contribution in [1.29, 1.82) is 0 Å². The third kappa shape index (κ3) is 2.97. The van der Waals surface area contributed by atoms with Gasteiger partial charge in [0.25, 0.3) is 5.91 Å². The number of carbonyl (C=O) groups is 1. The van der Waals surface area contributed by atoms with Gasteiger partial charge in [-0.2, -0.15) is 4.52 Å². The molecule has 12 heteroatoms. The van der Waals surface area contributed by atoms with Gasteiger partial charge in [0.15, 0.2) is 5.82 Å². The van der Waals surface area contributed by atoms with Gasteiger partial charge in [-0.25, -0.2) is 4.68 Å². The Labute approximate surface area is 170 Å². The number of hydrogen-bond acceptors (Lipinski definition) is 9. The molecule has 1 aromatic carbocycles. The Morgan fingerprint density at radius 2 is 2.10 bits per heavy atom. The lowest BCUT2D eigenvalue weighted by Crippen LogP contribution is -2.37. The molecule has 3 aromatic heterocycles. The van der Waals surface area contributed by atoms with E-state index in [4.69, 9.17) is 4.74 Å². The number of fused-ring (bicyclic) bond motifs is 5. The van der Waals surface area contributed by atoms with Gasteiger partial charge in [0.2, 0.25) is 11.5 Å². The fourth-order valence-corrected chi connectivity index (χ4v) is 3.46. The Bertz CT molecular complexity index is 1280. The molecule has 4 heterocycles. The Balaban J connectivity index is 1.72. The minimum atomic E-state index is -0.378. The van der Waals surface area contributed by atoms with Gasteiger partial charge in [-0.1, -0.05) is 5.21 Å². The minimum Gasteiger partial charge on any atom is -0.385 e. The molecule has 5 rings (SSSR count). The summed E-state index contributed by atoms with van der Waals surface area (Å²) in [4.78, 5) is 12.7. The summed E-state index contributed by atoms with van der Waals surface area (Å²) in [6.07, 6.45) is 0. The van der Waals surface area contributed by atoms with Crippen molar-refractivity contribution in [3.05, 3.63) is 29.6 Å². The van der Waals surface area contributed by atoms with Crippen LogP contribution < -0.4 is 16.0 Å². The topological polar surface area (TPSA) is 136 Å². The lowest BCUT2D eigenvalue weighted by atomic mass is 10.1. The summed E-state index contributed by atoms with van der Waals surface area (Å²) >= 11 is 0. The van der Waals surface area contributed by atoms with E-state index in [2.05, 4.69) is 41.6 Å². The predicted molar refractivity (Wildman–Crippen MR) is 109 cm³/mol. The molecule has 154 valence electrons. The fourth-order valence-electron chi connectivity index (χ4n) is 3.46. The first kappa shape index (κ1) is 18.2. The third-order valence-corrected chi connectivity index (χ3v) is 4.90. The fraction of sp³-hybridized carbons (Fsp3) is 0.333. The smallest absolute Gasteiger partial charge is 0.291 e. The highest BCUT2D eigenvalue weighted by atomic mass is 16.5. The van der Waals surface area contributed by atoms with Crippen LogP contribution in [0.2, 0.25) is 0 Å². The van der Waals surface area contributed by atoms with Gasteiger partial charge in [0.05, 0.1) is 30.1 Å². The summed E-state index contributed by atoms with van der Waals surface area (Å²) in [7, 11) is 3.61. The Morgan fingerprint density at radius 3 is 2.93 bits per heavy atom. The van der Waals surface area contributed by atoms with Crippen molar-refractivity contribution in [2.45, 2.75) is 19.6 Å². The van der Waals surface area contributed by atoms with Gasteiger partial charge in [0, 0.05) is 26.2 Å². The summed E-state index contributed by atoms with van der Waals surface area (Å²) in [5.74, 6) is 0.209. The summed E-state index contributed by atoms with van der Waals surface area (Å²) < 4.78 is 8.95. The number of anilines is 3. The molecule has 0 radical (unpaired) electrons. The second-order valence-corrected chi connectivity index (χ2v) is 7.19. The molecule has 0 spiro atoms. The molecule has 0 saturated heterocycles. The van der Waals surface area contributed by atoms with Crippen LogP contribution in [0.1, 0.15) is 23.1 Å². The van der Waals surface area contributed by atoms with Crippen LogP contribution in [-0.4, -0.2) is 60.4 Å². The van der Waals surface area contributed by atoms with Crippen LogP contribution in [0, 0.1) is 0 Å². The Kier molecular flexibility index (Phi) is 4.20. The molecule has 30 heavy (non-hydrogen) atoms. The number of hydrogen-bond donors (Lipinski definition) is 3. The highest BCUT2D eigenvalue weighted by molar-refractivity contribution is 5.93. The maximum atomic E-state index is 12.7. The van der Waals surface area contributed by atoms with Gasteiger partial charge in [0.1, 0.15) is 5.52 Å². The van der Waals surface area contributed by atoms with Crippen LogP contribution in [0.4, 0.5) is 17.2 Å². The number of nitrogens with one attached hydrogen (secondary N) is 3. The summed E-state index contributed by atoms with van der Waals surface area (Å²) in [6, 6.07) is 5.53. The average Bonchev–Trinajstić information content (AvgIpc) is 3.31. The van der Waals surface area contributed by atoms with Crippen LogP contribution in [0.3, 0.4) is 0 Å². The van der Waals surface area contributed by atoms with E-state index in [9.17, 15) is 4.79 Å². The molecule has 3 N–H and O–H groups in total. The Morgan fingerprint density at radius 1 is 1.23 bits per heavy atom. The second kappa shape index (κ2) is 6.91. The SMILES string of the molecule is CNc1cc2nn3c(nnc13)C(=O)N[C@H](C)COCc1cc(c3nnn(C)c3c1)N2. The van der Waals surface area contributed by atoms with Crippen molar-refractivity contribution < 1.29 is 9.53 Å². The van der Waals surface area contributed by atoms with E-state index in [1.165, 1.54) is 4.52 Å². The molecule has 4 aromatic rings. The first-order valence-corrected chi connectivity index (χ1v) is 9.45. The number of carbonyl (C=O) groups excluding carboxylic acids is 1. The van der Waals surface area contributed by atoms with Crippen molar-refractivity contribution in [2.75, 3.05) is 24.3 Å². The van der Waals surface area contributed by atoms with E-state index in [-0.39, 0.29) is 17.8 Å². The van der Waals surface area contributed by atoms with Crippen molar-refractivity contribution in [1.82, 2.24) is 40.1 Å². The normalized spacial score (nSPS) is 17.0. The van der Waals surface area contributed by atoms with Gasteiger partial charge in [-0.15, -0.1) is 20.4 Å². The minimum absolute atomic E-state index is 0.0902. The molecule has 12 nitrogen and oxygen atoms in total. The highest BCUT2D eigenvalue weighted by Gasteiger charge is 2.21. The van der Waals surface area contributed by atoms with E-state index in [1.807, 2.05) is 26.1 Å². The summed E-state index contributed by atoms with van der Waals surface area (Å²) in [6.45, 7) is 2.58. The first-order chi connectivity index (χ1) is 14.5. The van der Waals surface area contributed by atoms with Gasteiger partial charge < -0.3 is 20.7 Å². The quantitative estimate of drug-likeness (QED) is 0.418. The molecule has 1 atom stereocenters. The maximum Gasteiger partial charge on any atom is 0.291 e. The van der Waals surface area contributed by atoms with Gasteiger partial charge in [-0.05, 0) is 24.6 Å². The van der Waals surface area contributed by atoms with E-state index in [1.54, 1.807) is 17.8 Å². The highest BCUT2D eigenvalue weighted by Crippen LogP contribution is 2.28. The zero-order chi connectivity index (χ0) is 20.8. The van der Waals surface area contributed by atoms with Crippen LogP contribution in [-0.2, 0) is 18.4 Å². The number of ether oxygens (including phenoxy) is 1. The molecule has 0 aliphatic carbocycles. The predicted octanol–water partition coefficient (Wildman–Crippen LogP) is 0.840. The van der Waals surface area contributed by atoms with Crippen molar-refractivity contribution in [2.24, 2.45) is 7.05 Å². The average molecular weight is 408 g/mol. The molecule has 0 unspecified atom stereocenters. The monoisotopic (exact) mass is 408 g/mol. The van der Waals surface area contributed by atoms with E-state index in [0.717, 1.165) is 16.8 Å². The Hall–Kier alpha value is -3.80. The van der Waals surface area contributed by atoms with Crippen molar-refractivity contribution in [3.8, 4) is 0 Å². The zero-order valence-corrected chi connectivity index (χ0v) is 16.7. The second-order valence-electron chi connectivity index (χ2n) is 7.19. The van der Waals surface area contributed by atoms with Crippen LogP contribution in [0.25, 0.3) is 16.7 Å². The third-order valence-electron chi connectivity index (χ3n) is 4.90. The number of aryl methyl sites for hydroxylation is 1. The molecule has 1 aliphatic heterocycles. The number of rotatable bonds is 1. The number of aromatic nitrogens is 7.